The number of rotatable bonds is 4. The van der Waals surface area contributed by atoms with E-state index in [0.29, 0.717) is 23.9 Å². The molecule has 0 aromatic carbocycles. The molecule has 2 aliphatic heterocycles. The molecule has 3 nitrogen and oxygen atoms in total. The van der Waals surface area contributed by atoms with E-state index in [1.807, 2.05) is 11.9 Å². The van der Waals surface area contributed by atoms with Crippen molar-refractivity contribution in [1.29, 1.82) is 0 Å². The van der Waals surface area contributed by atoms with Crippen LogP contribution in [0.5, 0.6) is 0 Å². The summed E-state index contributed by atoms with van der Waals surface area (Å²) in [4.78, 5) is 14.3. The monoisotopic (exact) mass is 252 g/mol. The summed E-state index contributed by atoms with van der Waals surface area (Å²) in [5.74, 6) is 0.930. The number of carbonyl (C=O) groups excluding carboxylic acids is 1. The van der Waals surface area contributed by atoms with Gasteiger partial charge in [-0.15, -0.1) is 0 Å². The molecule has 0 saturated carbocycles. The molecule has 0 aromatic rings. The van der Waals surface area contributed by atoms with Gasteiger partial charge < -0.3 is 10.2 Å². The highest BCUT2D eigenvalue weighted by Gasteiger charge is 2.35. The first kappa shape index (κ1) is 13.9. The summed E-state index contributed by atoms with van der Waals surface area (Å²) in [7, 11) is 1.96. The average Bonchev–Trinajstić information content (AvgIpc) is 2.67. The van der Waals surface area contributed by atoms with E-state index < -0.39 is 0 Å². The number of carbonyl (C=O) groups is 1. The van der Waals surface area contributed by atoms with E-state index in [4.69, 9.17) is 0 Å². The van der Waals surface area contributed by atoms with Gasteiger partial charge in [-0.2, -0.15) is 0 Å². The van der Waals surface area contributed by atoms with Crippen molar-refractivity contribution in [3.8, 4) is 0 Å². The summed E-state index contributed by atoms with van der Waals surface area (Å²) >= 11 is 0. The zero-order chi connectivity index (χ0) is 13.3. The second kappa shape index (κ2) is 5.20. The van der Waals surface area contributed by atoms with Gasteiger partial charge in [-0.1, -0.05) is 6.92 Å². The summed E-state index contributed by atoms with van der Waals surface area (Å²) in [6, 6.07) is 1.37. The highest BCUT2D eigenvalue weighted by Crippen LogP contribution is 2.33. The smallest absolute Gasteiger partial charge is 0.223 e. The lowest BCUT2D eigenvalue weighted by molar-refractivity contribution is -0.136. The van der Waals surface area contributed by atoms with Crippen LogP contribution in [0.4, 0.5) is 0 Å². The van der Waals surface area contributed by atoms with Crippen LogP contribution in [-0.2, 0) is 4.79 Å². The molecule has 2 fully saturated rings. The number of nitrogens with one attached hydrogen (secondary N) is 1. The molecule has 0 radical (unpaired) electrons. The summed E-state index contributed by atoms with van der Waals surface area (Å²) in [6.07, 6.45) is 6.77. The molecule has 2 unspecified atom stereocenters. The molecular weight excluding hydrogens is 224 g/mol. The first-order valence-electron chi connectivity index (χ1n) is 7.45. The normalized spacial score (nSPS) is 31.4. The number of fused-ring (bicyclic) bond motifs is 2. The largest absolute Gasteiger partial charge is 0.341 e. The van der Waals surface area contributed by atoms with Crippen LogP contribution in [0.3, 0.4) is 0 Å². The maximum atomic E-state index is 12.4. The fourth-order valence-corrected chi connectivity index (χ4v) is 3.30. The Morgan fingerprint density at radius 2 is 1.83 bits per heavy atom. The van der Waals surface area contributed by atoms with Crippen molar-refractivity contribution in [3.63, 3.8) is 0 Å². The van der Waals surface area contributed by atoms with Crippen LogP contribution in [0.2, 0.25) is 0 Å². The Morgan fingerprint density at radius 3 is 2.33 bits per heavy atom. The van der Waals surface area contributed by atoms with Crippen LogP contribution < -0.4 is 5.32 Å². The molecule has 1 amide bonds. The lowest BCUT2D eigenvalue weighted by Gasteiger charge is -2.37. The van der Waals surface area contributed by atoms with E-state index in [2.05, 4.69) is 26.1 Å². The van der Waals surface area contributed by atoms with E-state index in [0.717, 1.165) is 12.8 Å². The molecule has 0 spiro atoms. The van der Waals surface area contributed by atoms with Gasteiger partial charge in [0.1, 0.15) is 0 Å². The Balaban J connectivity index is 1.88. The van der Waals surface area contributed by atoms with Crippen molar-refractivity contribution < 1.29 is 4.79 Å². The molecular formula is C15H28N2O. The Hall–Kier alpha value is -0.570. The van der Waals surface area contributed by atoms with Crippen molar-refractivity contribution in [2.45, 2.75) is 76.9 Å². The fourth-order valence-electron chi connectivity index (χ4n) is 3.30. The lowest BCUT2D eigenvalue weighted by atomic mass is 9.88. The van der Waals surface area contributed by atoms with Gasteiger partial charge in [0.15, 0.2) is 0 Å². The van der Waals surface area contributed by atoms with Gasteiger partial charge >= 0.3 is 0 Å². The fraction of sp³-hybridized carbons (Fsp3) is 0.933. The lowest BCUT2D eigenvalue weighted by Crippen LogP contribution is -2.46. The second-order valence-electron chi connectivity index (χ2n) is 6.80. The van der Waals surface area contributed by atoms with Crippen LogP contribution in [0.15, 0.2) is 0 Å². The van der Waals surface area contributed by atoms with Gasteiger partial charge in [0.25, 0.3) is 0 Å². The Labute approximate surface area is 111 Å². The van der Waals surface area contributed by atoms with E-state index in [-0.39, 0.29) is 5.54 Å². The zero-order valence-corrected chi connectivity index (χ0v) is 12.3. The summed E-state index contributed by atoms with van der Waals surface area (Å²) in [5.41, 5.74) is -0.0109. The molecule has 0 aliphatic carbocycles. The molecule has 2 heterocycles. The molecule has 2 atom stereocenters. The third kappa shape index (κ3) is 2.87. The first-order valence-corrected chi connectivity index (χ1v) is 7.45. The molecule has 2 aliphatic rings. The molecule has 18 heavy (non-hydrogen) atoms. The highest BCUT2D eigenvalue weighted by molar-refractivity contribution is 5.77. The molecule has 2 bridgehead atoms. The first-order chi connectivity index (χ1) is 8.42. The van der Waals surface area contributed by atoms with E-state index in [1.54, 1.807) is 0 Å². The molecule has 0 aromatic heterocycles. The number of piperidine rings is 1. The maximum Gasteiger partial charge on any atom is 0.223 e. The topological polar surface area (TPSA) is 32.3 Å². The Morgan fingerprint density at radius 1 is 1.28 bits per heavy atom. The SMILES string of the molecule is CCC(C)(C)N(C)C(=O)CC1CC2CCC(C1)N2. The standard InChI is InChI=1S/C15H28N2O/c1-5-15(2,3)17(4)14(18)10-11-8-12-6-7-13(9-11)16-12/h11-13,16H,5-10H2,1-4H3. The third-order valence-corrected chi connectivity index (χ3v) is 5.18. The summed E-state index contributed by atoms with van der Waals surface area (Å²) in [5, 5.41) is 3.64. The van der Waals surface area contributed by atoms with Crippen molar-refractivity contribution in [2.24, 2.45) is 5.92 Å². The highest BCUT2D eigenvalue weighted by atomic mass is 16.2. The molecule has 2 rings (SSSR count). The van der Waals surface area contributed by atoms with E-state index in [9.17, 15) is 4.79 Å². The minimum atomic E-state index is -0.0109. The van der Waals surface area contributed by atoms with Crippen molar-refractivity contribution in [3.05, 3.63) is 0 Å². The minimum absolute atomic E-state index is 0.0109. The van der Waals surface area contributed by atoms with Crippen LogP contribution in [0.25, 0.3) is 0 Å². The van der Waals surface area contributed by atoms with Crippen LogP contribution in [0.1, 0.15) is 59.3 Å². The van der Waals surface area contributed by atoms with Gasteiger partial charge in [-0.3, -0.25) is 4.79 Å². The number of hydrogen-bond donors (Lipinski definition) is 1. The predicted octanol–water partition coefficient (Wildman–Crippen LogP) is 2.55. The van der Waals surface area contributed by atoms with Gasteiger partial charge in [-0.25, -0.2) is 0 Å². The number of hydrogen-bond acceptors (Lipinski definition) is 2. The van der Waals surface area contributed by atoms with Crippen LogP contribution in [-0.4, -0.2) is 35.5 Å². The summed E-state index contributed by atoms with van der Waals surface area (Å²) < 4.78 is 0. The Bertz CT molecular complexity index is 302. The molecule has 3 heteroatoms. The second-order valence-corrected chi connectivity index (χ2v) is 6.80. The number of nitrogens with zero attached hydrogens (tertiary/aromatic N) is 1. The van der Waals surface area contributed by atoms with Crippen molar-refractivity contribution in [1.82, 2.24) is 10.2 Å². The maximum absolute atomic E-state index is 12.4. The molecule has 104 valence electrons. The molecule has 2 saturated heterocycles. The van der Waals surface area contributed by atoms with Crippen molar-refractivity contribution in [2.75, 3.05) is 7.05 Å². The molecule has 1 N–H and O–H groups in total. The third-order valence-electron chi connectivity index (χ3n) is 5.18. The average molecular weight is 252 g/mol. The van der Waals surface area contributed by atoms with E-state index >= 15 is 0 Å². The number of amides is 1. The zero-order valence-electron chi connectivity index (χ0n) is 12.3. The quantitative estimate of drug-likeness (QED) is 0.834. The van der Waals surface area contributed by atoms with Gasteiger partial charge in [0.05, 0.1) is 0 Å². The van der Waals surface area contributed by atoms with Gasteiger partial charge in [0.2, 0.25) is 5.91 Å². The van der Waals surface area contributed by atoms with Crippen LogP contribution in [0, 0.1) is 5.92 Å². The van der Waals surface area contributed by atoms with Crippen LogP contribution >= 0.6 is 0 Å². The van der Waals surface area contributed by atoms with Crippen molar-refractivity contribution >= 4 is 5.91 Å². The Kier molecular flexibility index (Phi) is 4.00. The van der Waals surface area contributed by atoms with E-state index in [1.165, 1.54) is 25.7 Å². The van der Waals surface area contributed by atoms with Gasteiger partial charge in [-0.05, 0) is 51.9 Å². The minimum Gasteiger partial charge on any atom is -0.341 e. The van der Waals surface area contributed by atoms with Gasteiger partial charge in [0, 0.05) is 31.1 Å². The summed E-state index contributed by atoms with van der Waals surface area (Å²) in [6.45, 7) is 6.45. The predicted molar refractivity (Wildman–Crippen MR) is 74.4 cm³/mol.